The fourth-order valence-corrected chi connectivity index (χ4v) is 1.95. The smallest absolute Gasteiger partial charge is 0.236 e. The normalized spacial score (nSPS) is 11.2. The van der Waals surface area contributed by atoms with Crippen molar-refractivity contribution in [3.8, 4) is 17.4 Å². The van der Waals surface area contributed by atoms with E-state index in [0.29, 0.717) is 17.2 Å². The Kier molecular flexibility index (Phi) is 2.38. The van der Waals surface area contributed by atoms with E-state index in [9.17, 15) is 5.11 Å². The van der Waals surface area contributed by atoms with Gasteiger partial charge in [0.2, 0.25) is 5.88 Å². The zero-order valence-corrected chi connectivity index (χ0v) is 9.89. The molecule has 90 valence electrons. The summed E-state index contributed by atoms with van der Waals surface area (Å²) in [6, 6.07) is 3.52. The van der Waals surface area contributed by atoms with Gasteiger partial charge in [0, 0.05) is 12.1 Å². The SMILES string of the molecule is N=c1ncnc2n3cc(CCl)ccc3c(O)nc1-2. The Bertz CT molecular complexity index is 769. The third kappa shape index (κ3) is 1.50. The predicted molar refractivity (Wildman–Crippen MR) is 64.5 cm³/mol. The van der Waals surface area contributed by atoms with E-state index in [-0.39, 0.29) is 17.1 Å². The number of hydrogen-bond acceptors (Lipinski definition) is 5. The number of nitrogens with zero attached hydrogens (tertiary/aromatic N) is 4. The minimum absolute atomic E-state index is 0.0269. The van der Waals surface area contributed by atoms with Crippen LogP contribution in [0.4, 0.5) is 0 Å². The van der Waals surface area contributed by atoms with Crippen molar-refractivity contribution >= 4 is 17.1 Å². The predicted octanol–water partition coefficient (Wildman–Crippen LogP) is 1.15. The van der Waals surface area contributed by atoms with E-state index in [4.69, 9.17) is 17.0 Å². The van der Waals surface area contributed by atoms with Crippen molar-refractivity contribution in [1.29, 1.82) is 5.41 Å². The van der Waals surface area contributed by atoms with Crippen molar-refractivity contribution < 1.29 is 5.11 Å². The second-order valence-corrected chi connectivity index (χ2v) is 4.02. The third-order valence-corrected chi connectivity index (χ3v) is 2.95. The van der Waals surface area contributed by atoms with Crippen LogP contribution in [0.5, 0.6) is 5.88 Å². The van der Waals surface area contributed by atoms with Gasteiger partial charge in [-0.25, -0.2) is 15.0 Å². The van der Waals surface area contributed by atoms with Crippen molar-refractivity contribution in [1.82, 2.24) is 19.4 Å². The monoisotopic (exact) mass is 261 g/mol. The Morgan fingerprint density at radius 3 is 2.94 bits per heavy atom. The number of rotatable bonds is 1. The average Bonchev–Trinajstić information content (AvgIpc) is 2.40. The fourth-order valence-electron chi connectivity index (χ4n) is 1.79. The zero-order valence-electron chi connectivity index (χ0n) is 9.13. The van der Waals surface area contributed by atoms with Crippen LogP contribution >= 0.6 is 11.6 Å². The van der Waals surface area contributed by atoms with E-state index < -0.39 is 0 Å². The largest absolute Gasteiger partial charge is 0.492 e. The van der Waals surface area contributed by atoms with Crippen LogP contribution in [0.25, 0.3) is 17.0 Å². The minimum atomic E-state index is -0.160. The Morgan fingerprint density at radius 2 is 2.17 bits per heavy atom. The maximum absolute atomic E-state index is 9.85. The quantitative estimate of drug-likeness (QED) is 0.508. The molecule has 2 aliphatic rings. The Hall–Kier alpha value is -2.21. The number of alkyl halides is 1. The molecule has 1 aromatic heterocycles. The molecular weight excluding hydrogens is 254 g/mol. The van der Waals surface area contributed by atoms with Gasteiger partial charge in [0.1, 0.15) is 11.8 Å². The van der Waals surface area contributed by atoms with Crippen molar-refractivity contribution in [3.63, 3.8) is 0 Å². The van der Waals surface area contributed by atoms with Gasteiger partial charge < -0.3 is 5.11 Å². The maximum atomic E-state index is 9.85. The number of hydrogen-bond donors (Lipinski definition) is 2. The topological polar surface area (TPSA) is 87.2 Å². The minimum Gasteiger partial charge on any atom is -0.492 e. The number of nitrogens with one attached hydrogen (secondary N) is 1. The Morgan fingerprint density at radius 1 is 1.33 bits per heavy atom. The number of fused-ring (bicyclic) bond motifs is 3. The second kappa shape index (κ2) is 3.92. The standard InChI is InChI=1S/C11H8ClN5O/c12-3-6-1-2-7-11(18)16-8-9(13)14-5-15-10(8)17(7)4-6/h1-2,4-5,13,18H,3H2. The van der Waals surface area contributed by atoms with Crippen LogP contribution < -0.4 is 5.49 Å². The van der Waals surface area contributed by atoms with Gasteiger partial charge in [0.25, 0.3) is 0 Å². The van der Waals surface area contributed by atoms with Crippen LogP contribution in [0, 0.1) is 5.41 Å². The van der Waals surface area contributed by atoms with Gasteiger partial charge >= 0.3 is 0 Å². The van der Waals surface area contributed by atoms with Crippen LogP contribution in [0.3, 0.4) is 0 Å². The lowest BCUT2D eigenvalue weighted by Gasteiger charge is -2.11. The number of aromatic nitrogens is 4. The fraction of sp³-hybridized carbons (Fsp3) is 0.0909. The molecule has 0 aromatic carbocycles. The number of halogens is 1. The molecule has 2 N–H and O–H groups in total. The number of aromatic hydroxyl groups is 1. The molecule has 0 spiro atoms. The molecule has 0 saturated heterocycles. The van der Waals surface area contributed by atoms with Crippen LogP contribution in [-0.4, -0.2) is 24.5 Å². The maximum Gasteiger partial charge on any atom is 0.236 e. The van der Waals surface area contributed by atoms with E-state index in [1.165, 1.54) is 6.33 Å². The molecule has 18 heavy (non-hydrogen) atoms. The second-order valence-electron chi connectivity index (χ2n) is 3.76. The first-order chi connectivity index (χ1) is 8.70. The first kappa shape index (κ1) is 10.9. The van der Waals surface area contributed by atoms with Gasteiger partial charge in [0.05, 0.1) is 0 Å². The third-order valence-electron chi connectivity index (χ3n) is 2.64. The molecule has 7 heteroatoms. The molecule has 0 atom stereocenters. The molecule has 0 unspecified atom stereocenters. The van der Waals surface area contributed by atoms with E-state index in [0.717, 1.165) is 5.56 Å². The van der Waals surface area contributed by atoms with Gasteiger partial charge in [-0.15, -0.1) is 11.6 Å². The molecule has 0 amide bonds. The van der Waals surface area contributed by atoms with Gasteiger partial charge in [0.15, 0.2) is 17.0 Å². The van der Waals surface area contributed by atoms with E-state index in [2.05, 4.69) is 15.0 Å². The van der Waals surface area contributed by atoms with Gasteiger partial charge in [-0.1, -0.05) is 6.07 Å². The Labute approximate surface area is 106 Å². The van der Waals surface area contributed by atoms with Crippen molar-refractivity contribution in [2.24, 2.45) is 0 Å². The summed E-state index contributed by atoms with van der Waals surface area (Å²) in [4.78, 5) is 11.8. The summed E-state index contributed by atoms with van der Waals surface area (Å²) >= 11 is 5.79. The highest BCUT2D eigenvalue weighted by atomic mass is 35.5. The number of pyridine rings is 1. The molecule has 0 fully saturated rings. The molecule has 0 saturated carbocycles. The summed E-state index contributed by atoms with van der Waals surface area (Å²) in [5.41, 5.74) is 1.61. The molecule has 2 aliphatic heterocycles. The van der Waals surface area contributed by atoms with Crippen molar-refractivity contribution in [2.75, 3.05) is 0 Å². The lowest BCUT2D eigenvalue weighted by atomic mass is 10.2. The summed E-state index contributed by atoms with van der Waals surface area (Å²) in [5.74, 6) is 0.661. The molecule has 3 heterocycles. The summed E-state index contributed by atoms with van der Waals surface area (Å²) in [6.45, 7) is 0. The van der Waals surface area contributed by atoms with E-state index >= 15 is 0 Å². The molecule has 0 aliphatic carbocycles. The van der Waals surface area contributed by atoms with E-state index in [1.54, 1.807) is 22.7 Å². The van der Waals surface area contributed by atoms with Gasteiger partial charge in [-0.2, -0.15) is 0 Å². The van der Waals surface area contributed by atoms with Crippen molar-refractivity contribution in [2.45, 2.75) is 5.88 Å². The van der Waals surface area contributed by atoms with Gasteiger partial charge in [-0.05, 0) is 11.6 Å². The lowest BCUT2D eigenvalue weighted by molar-refractivity contribution is 0.456. The van der Waals surface area contributed by atoms with Gasteiger partial charge in [-0.3, -0.25) is 9.81 Å². The molecule has 0 bridgehead atoms. The highest BCUT2D eigenvalue weighted by molar-refractivity contribution is 6.17. The summed E-state index contributed by atoms with van der Waals surface area (Å²) in [6.07, 6.45) is 3.06. The molecule has 6 nitrogen and oxygen atoms in total. The first-order valence-corrected chi connectivity index (χ1v) is 5.69. The van der Waals surface area contributed by atoms with Crippen LogP contribution in [-0.2, 0) is 5.88 Å². The summed E-state index contributed by atoms with van der Waals surface area (Å²) < 4.78 is 1.66. The average molecular weight is 262 g/mol. The van der Waals surface area contributed by atoms with Crippen LogP contribution in [0.2, 0.25) is 0 Å². The Balaban J connectivity index is 2.53. The first-order valence-electron chi connectivity index (χ1n) is 5.16. The highest BCUT2D eigenvalue weighted by Crippen LogP contribution is 2.23. The lowest BCUT2D eigenvalue weighted by Crippen LogP contribution is -2.16. The van der Waals surface area contributed by atoms with E-state index in [1.807, 2.05) is 0 Å². The molecule has 3 rings (SSSR count). The molecule has 1 aromatic rings. The summed E-state index contributed by atoms with van der Waals surface area (Å²) in [5, 5.41) is 17.5. The van der Waals surface area contributed by atoms with Crippen LogP contribution in [0.15, 0.2) is 24.7 Å². The van der Waals surface area contributed by atoms with Crippen molar-refractivity contribution in [3.05, 3.63) is 35.7 Å². The molecular formula is C11H8ClN5O. The van der Waals surface area contributed by atoms with Crippen LogP contribution in [0.1, 0.15) is 5.56 Å². The zero-order chi connectivity index (χ0) is 12.7. The highest BCUT2D eigenvalue weighted by Gasteiger charge is 2.15. The summed E-state index contributed by atoms with van der Waals surface area (Å²) in [7, 11) is 0. The molecule has 0 radical (unpaired) electrons.